The smallest absolute Gasteiger partial charge is 0.259 e. The maximum absolute atomic E-state index is 13.0. The Morgan fingerprint density at radius 3 is 2.57 bits per heavy atom. The largest absolute Gasteiger partial charge is 0.497 e. The average molecular weight is 425 g/mol. The molecule has 156 valence electrons. The maximum Gasteiger partial charge on any atom is 0.259 e. The Labute approximate surface area is 179 Å². The van der Waals surface area contributed by atoms with Crippen molar-refractivity contribution in [3.8, 4) is 5.75 Å². The number of carbonyl (C=O) groups excluding carboxylic acids is 2. The molecule has 0 bridgehead atoms. The van der Waals surface area contributed by atoms with Gasteiger partial charge in [0.15, 0.2) is 0 Å². The van der Waals surface area contributed by atoms with Crippen molar-refractivity contribution < 1.29 is 18.7 Å². The second-order valence-electron chi connectivity index (χ2n) is 7.28. The van der Waals surface area contributed by atoms with Gasteiger partial charge in [-0.3, -0.25) is 9.59 Å². The van der Waals surface area contributed by atoms with Crippen LogP contribution >= 0.6 is 11.8 Å². The molecule has 2 aromatic carbocycles. The topological polar surface area (TPSA) is 71.8 Å². The number of methoxy groups -OCH3 is 1. The van der Waals surface area contributed by atoms with Crippen molar-refractivity contribution in [1.82, 2.24) is 4.90 Å². The number of carbonyl (C=O) groups is 2. The molecule has 0 spiro atoms. The van der Waals surface area contributed by atoms with E-state index in [2.05, 4.69) is 5.32 Å². The van der Waals surface area contributed by atoms with Crippen LogP contribution in [0.2, 0.25) is 0 Å². The molecule has 0 radical (unpaired) electrons. The lowest BCUT2D eigenvalue weighted by Gasteiger charge is -2.26. The van der Waals surface area contributed by atoms with Gasteiger partial charge in [0.25, 0.3) is 11.8 Å². The molecule has 30 heavy (non-hydrogen) atoms. The fourth-order valence-corrected chi connectivity index (χ4v) is 4.58. The van der Waals surface area contributed by atoms with Gasteiger partial charge < -0.3 is 19.4 Å². The minimum atomic E-state index is -0.255. The molecule has 1 saturated heterocycles. The van der Waals surface area contributed by atoms with Gasteiger partial charge in [-0.15, -0.1) is 0 Å². The molecule has 0 saturated carbocycles. The first-order valence-electron chi connectivity index (χ1n) is 9.84. The lowest BCUT2D eigenvalue weighted by Crippen LogP contribution is -2.37. The number of nitrogens with one attached hydrogen (secondary N) is 1. The second-order valence-corrected chi connectivity index (χ2v) is 8.51. The van der Waals surface area contributed by atoms with E-state index in [1.165, 1.54) is 0 Å². The van der Waals surface area contributed by atoms with Gasteiger partial charge in [-0.1, -0.05) is 0 Å². The molecule has 1 fully saturated rings. The summed E-state index contributed by atoms with van der Waals surface area (Å²) in [5.74, 6) is 2.94. The molecule has 1 aliphatic rings. The quantitative estimate of drug-likeness (QED) is 0.668. The van der Waals surface area contributed by atoms with E-state index in [4.69, 9.17) is 9.15 Å². The van der Waals surface area contributed by atoms with Crippen molar-refractivity contribution in [2.75, 3.05) is 37.0 Å². The number of nitrogens with zero attached hydrogens (tertiary/aromatic N) is 1. The van der Waals surface area contributed by atoms with Crippen LogP contribution in [0.4, 0.5) is 5.69 Å². The molecule has 1 N–H and O–H groups in total. The second kappa shape index (κ2) is 8.44. The van der Waals surface area contributed by atoms with Crippen LogP contribution in [-0.2, 0) is 0 Å². The first kappa shape index (κ1) is 20.3. The van der Waals surface area contributed by atoms with E-state index < -0.39 is 0 Å². The highest BCUT2D eigenvalue weighted by atomic mass is 32.2. The molecule has 4 rings (SSSR count). The average Bonchev–Trinajstić information content (AvgIpc) is 3.10. The monoisotopic (exact) mass is 424 g/mol. The summed E-state index contributed by atoms with van der Waals surface area (Å²) in [5, 5.41) is 3.67. The van der Waals surface area contributed by atoms with Gasteiger partial charge >= 0.3 is 0 Å². The van der Waals surface area contributed by atoms with Gasteiger partial charge in [0.1, 0.15) is 17.1 Å². The molecule has 0 unspecified atom stereocenters. The number of ether oxygens (including phenoxy) is 1. The van der Waals surface area contributed by atoms with E-state index in [0.717, 1.165) is 30.2 Å². The molecule has 1 aliphatic heterocycles. The Hall–Kier alpha value is -2.93. The van der Waals surface area contributed by atoms with Crippen molar-refractivity contribution in [2.45, 2.75) is 13.8 Å². The van der Waals surface area contributed by atoms with Crippen LogP contribution in [0.15, 0.2) is 40.8 Å². The van der Waals surface area contributed by atoms with Crippen molar-refractivity contribution in [2.24, 2.45) is 0 Å². The fraction of sp³-hybridized carbons (Fsp3) is 0.304. The Bertz CT molecular complexity index is 1120. The van der Waals surface area contributed by atoms with Gasteiger partial charge in [-0.25, -0.2) is 0 Å². The molecule has 3 aromatic rings. The van der Waals surface area contributed by atoms with Crippen LogP contribution in [0.1, 0.15) is 32.0 Å². The Kier molecular flexibility index (Phi) is 5.72. The minimum Gasteiger partial charge on any atom is -0.497 e. The van der Waals surface area contributed by atoms with Crippen molar-refractivity contribution in [3.63, 3.8) is 0 Å². The lowest BCUT2D eigenvalue weighted by atomic mass is 10.1. The van der Waals surface area contributed by atoms with Crippen molar-refractivity contribution >= 4 is 40.2 Å². The number of aryl methyl sites for hydroxylation is 2. The Morgan fingerprint density at radius 1 is 1.10 bits per heavy atom. The number of hydrogen-bond donors (Lipinski definition) is 1. The number of thioether (sulfide) groups is 1. The molecular weight excluding hydrogens is 400 g/mol. The number of benzene rings is 2. The highest BCUT2D eigenvalue weighted by molar-refractivity contribution is 7.99. The number of fused-ring (bicyclic) bond motifs is 1. The van der Waals surface area contributed by atoms with Gasteiger partial charge in [0.2, 0.25) is 0 Å². The fourth-order valence-electron chi connectivity index (χ4n) is 3.68. The summed E-state index contributed by atoms with van der Waals surface area (Å²) in [7, 11) is 1.59. The molecule has 6 nitrogen and oxygen atoms in total. The zero-order valence-corrected chi connectivity index (χ0v) is 18.1. The summed E-state index contributed by atoms with van der Waals surface area (Å²) in [6.07, 6.45) is 0. The molecule has 0 aliphatic carbocycles. The zero-order chi connectivity index (χ0) is 21.3. The summed E-state index contributed by atoms with van der Waals surface area (Å²) >= 11 is 1.87. The van der Waals surface area contributed by atoms with E-state index in [0.29, 0.717) is 39.3 Å². The Balaban J connectivity index is 1.57. The highest BCUT2D eigenvalue weighted by Gasteiger charge is 2.21. The van der Waals surface area contributed by atoms with E-state index in [9.17, 15) is 9.59 Å². The highest BCUT2D eigenvalue weighted by Crippen LogP contribution is 2.30. The normalized spacial score (nSPS) is 14.0. The minimum absolute atomic E-state index is 0.0417. The summed E-state index contributed by atoms with van der Waals surface area (Å²) in [6, 6.07) is 10.8. The number of furan rings is 1. The molecule has 1 aromatic heterocycles. The number of hydrogen-bond acceptors (Lipinski definition) is 5. The number of anilines is 1. The van der Waals surface area contributed by atoms with E-state index in [-0.39, 0.29) is 11.8 Å². The van der Waals surface area contributed by atoms with Crippen LogP contribution in [-0.4, -0.2) is 48.4 Å². The van der Waals surface area contributed by atoms with Crippen LogP contribution in [0.3, 0.4) is 0 Å². The van der Waals surface area contributed by atoms with Gasteiger partial charge in [0, 0.05) is 41.2 Å². The number of rotatable bonds is 4. The van der Waals surface area contributed by atoms with Crippen molar-refractivity contribution in [3.05, 3.63) is 58.8 Å². The summed E-state index contributed by atoms with van der Waals surface area (Å²) in [6.45, 7) is 5.21. The lowest BCUT2D eigenvalue weighted by molar-refractivity contribution is 0.0772. The third-order valence-corrected chi connectivity index (χ3v) is 6.26. The number of amides is 2. The van der Waals surface area contributed by atoms with E-state index >= 15 is 0 Å². The van der Waals surface area contributed by atoms with Gasteiger partial charge in [-0.05, 0) is 55.8 Å². The predicted octanol–water partition coefficient (Wildman–Crippen LogP) is 4.50. The summed E-state index contributed by atoms with van der Waals surface area (Å²) in [4.78, 5) is 27.7. The summed E-state index contributed by atoms with van der Waals surface area (Å²) in [5.41, 5.74) is 3.27. The first-order chi connectivity index (χ1) is 14.5. The van der Waals surface area contributed by atoms with Crippen LogP contribution < -0.4 is 10.1 Å². The standard InChI is InChI=1S/C23H24N2O4S/c1-14-12-16(23(27)25-8-10-30-11-9-25)4-6-19(14)24-22(26)21-15(2)29-20-7-5-17(28-3)13-18(20)21/h4-7,12-13H,8-11H2,1-3H3,(H,24,26). The van der Waals surface area contributed by atoms with Gasteiger partial charge in [-0.2, -0.15) is 11.8 Å². The van der Waals surface area contributed by atoms with E-state index in [1.54, 1.807) is 44.4 Å². The molecule has 7 heteroatoms. The first-order valence-corrected chi connectivity index (χ1v) is 11.0. The summed E-state index contributed by atoms with van der Waals surface area (Å²) < 4.78 is 11.0. The third-order valence-electron chi connectivity index (χ3n) is 5.32. The molecule has 2 amide bonds. The third kappa shape index (κ3) is 3.89. The van der Waals surface area contributed by atoms with E-state index in [1.807, 2.05) is 29.7 Å². The molecule has 0 atom stereocenters. The van der Waals surface area contributed by atoms with Crippen LogP contribution in [0.5, 0.6) is 5.75 Å². The predicted molar refractivity (Wildman–Crippen MR) is 120 cm³/mol. The molecule has 2 heterocycles. The SMILES string of the molecule is COc1ccc2oc(C)c(C(=O)Nc3ccc(C(=O)N4CCSCC4)cc3C)c2c1. The van der Waals surface area contributed by atoms with Crippen LogP contribution in [0, 0.1) is 13.8 Å². The maximum atomic E-state index is 13.0. The Morgan fingerprint density at radius 2 is 1.87 bits per heavy atom. The van der Waals surface area contributed by atoms with Crippen molar-refractivity contribution in [1.29, 1.82) is 0 Å². The molecular formula is C23H24N2O4S. The van der Waals surface area contributed by atoms with Gasteiger partial charge in [0.05, 0.1) is 12.7 Å². The zero-order valence-electron chi connectivity index (χ0n) is 17.3. The van der Waals surface area contributed by atoms with Crippen LogP contribution in [0.25, 0.3) is 11.0 Å².